The standard InChI is InChI=1S/C13H17F3N4O.HI/c1-7(2)5-18-13(17)19-6-10(21)20-9-4-3-8(14)11(15)12(9)16;/h3-4,7H,5-6H2,1-2H3,(H,20,21)(H3,17,18,19);1H. The van der Waals surface area contributed by atoms with Gasteiger partial charge in [0, 0.05) is 6.54 Å². The first kappa shape index (κ1) is 20.5. The maximum atomic E-state index is 13.3. The van der Waals surface area contributed by atoms with Crippen LogP contribution in [0.15, 0.2) is 17.1 Å². The van der Waals surface area contributed by atoms with E-state index in [1.807, 2.05) is 13.8 Å². The molecule has 0 bridgehead atoms. The average Bonchev–Trinajstić information content (AvgIpc) is 2.43. The molecule has 1 aromatic carbocycles. The summed E-state index contributed by atoms with van der Waals surface area (Å²) in [4.78, 5) is 15.3. The Labute approximate surface area is 143 Å². The number of hydrogen-bond donors (Lipinski definition) is 3. The van der Waals surface area contributed by atoms with Crippen molar-refractivity contribution in [2.75, 3.05) is 18.4 Å². The first-order chi connectivity index (χ1) is 9.81. The largest absolute Gasteiger partial charge is 0.370 e. The smallest absolute Gasteiger partial charge is 0.246 e. The molecule has 5 nitrogen and oxygen atoms in total. The van der Waals surface area contributed by atoms with Crippen LogP contribution in [0.3, 0.4) is 0 Å². The van der Waals surface area contributed by atoms with E-state index in [1.54, 1.807) is 0 Å². The quantitative estimate of drug-likeness (QED) is 0.290. The normalized spacial score (nSPS) is 11.1. The zero-order valence-electron chi connectivity index (χ0n) is 12.1. The summed E-state index contributed by atoms with van der Waals surface area (Å²) >= 11 is 0. The van der Waals surface area contributed by atoms with Crippen LogP contribution >= 0.6 is 24.0 Å². The van der Waals surface area contributed by atoms with Gasteiger partial charge in [0.15, 0.2) is 23.4 Å². The fraction of sp³-hybridized carbons (Fsp3) is 0.385. The molecule has 1 amide bonds. The number of halogens is 4. The molecular weight excluding hydrogens is 412 g/mol. The van der Waals surface area contributed by atoms with Crippen LogP contribution in [-0.4, -0.2) is 25.0 Å². The summed E-state index contributed by atoms with van der Waals surface area (Å²) in [5.74, 6) is -4.71. The molecule has 9 heteroatoms. The molecule has 0 heterocycles. The Balaban J connectivity index is 0.00000441. The molecule has 0 saturated carbocycles. The lowest BCUT2D eigenvalue weighted by atomic mass is 10.2. The van der Waals surface area contributed by atoms with Crippen molar-refractivity contribution in [3.05, 3.63) is 29.6 Å². The predicted octanol–water partition coefficient (Wildman–Crippen LogP) is 2.22. The Morgan fingerprint density at radius 2 is 1.91 bits per heavy atom. The molecule has 0 aromatic heterocycles. The number of guanidine groups is 1. The van der Waals surface area contributed by atoms with Crippen molar-refractivity contribution < 1.29 is 18.0 Å². The summed E-state index contributed by atoms with van der Waals surface area (Å²) < 4.78 is 39.0. The number of nitrogens with zero attached hydrogens (tertiary/aromatic N) is 1. The minimum atomic E-state index is -1.64. The molecule has 1 aromatic rings. The molecule has 0 atom stereocenters. The zero-order chi connectivity index (χ0) is 16.0. The van der Waals surface area contributed by atoms with Gasteiger partial charge >= 0.3 is 0 Å². The second-order valence-corrected chi connectivity index (χ2v) is 4.75. The number of anilines is 1. The number of nitrogens with one attached hydrogen (secondary N) is 2. The van der Waals surface area contributed by atoms with Gasteiger partial charge in [0.1, 0.15) is 6.54 Å². The highest BCUT2D eigenvalue weighted by Crippen LogP contribution is 2.19. The van der Waals surface area contributed by atoms with Crippen molar-refractivity contribution in [1.29, 1.82) is 0 Å². The lowest BCUT2D eigenvalue weighted by Gasteiger charge is -2.08. The summed E-state index contributed by atoms with van der Waals surface area (Å²) in [6.07, 6.45) is 0. The van der Waals surface area contributed by atoms with Crippen molar-refractivity contribution in [1.82, 2.24) is 5.32 Å². The molecule has 0 fully saturated rings. The lowest BCUT2D eigenvalue weighted by molar-refractivity contribution is -0.114. The number of carbonyl (C=O) groups excluding carboxylic acids is 1. The third-order valence-electron chi connectivity index (χ3n) is 2.39. The van der Waals surface area contributed by atoms with Crippen molar-refractivity contribution in [3.8, 4) is 0 Å². The SMILES string of the molecule is CC(C)CNC(N)=NCC(=O)Nc1ccc(F)c(F)c1F.I. The van der Waals surface area contributed by atoms with Gasteiger partial charge in [-0.1, -0.05) is 13.8 Å². The third kappa shape index (κ3) is 6.50. The van der Waals surface area contributed by atoms with Gasteiger partial charge in [-0.3, -0.25) is 4.79 Å². The molecule has 0 spiro atoms. The van der Waals surface area contributed by atoms with Crippen molar-refractivity contribution >= 4 is 41.5 Å². The van der Waals surface area contributed by atoms with E-state index >= 15 is 0 Å². The summed E-state index contributed by atoms with van der Waals surface area (Å²) in [6.45, 7) is 4.17. The van der Waals surface area contributed by atoms with Gasteiger partial charge in [0.2, 0.25) is 5.91 Å². The van der Waals surface area contributed by atoms with Gasteiger partial charge in [-0.05, 0) is 18.1 Å². The van der Waals surface area contributed by atoms with E-state index in [-0.39, 0.29) is 36.5 Å². The van der Waals surface area contributed by atoms with E-state index in [1.165, 1.54) is 0 Å². The summed E-state index contributed by atoms with van der Waals surface area (Å²) in [6, 6.07) is 1.64. The molecule has 0 aliphatic heterocycles. The van der Waals surface area contributed by atoms with E-state index in [4.69, 9.17) is 5.73 Å². The second kappa shape index (κ2) is 9.49. The van der Waals surface area contributed by atoms with Crippen molar-refractivity contribution in [2.24, 2.45) is 16.6 Å². The van der Waals surface area contributed by atoms with Crippen LogP contribution in [0.1, 0.15) is 13.8 Å². The van der Waals surface area contributed by atoms with Gasteiger partial charge < -0.3 is 16.4 Å². The highest BCUT2D eigenvalue weighted by atomic mass is 127. The van der Waals surface area contributed by atoms with E-state index < -0.39 is 29.0 Å². The predicted molar refractivity (Wildman–Crippen MR) is 89.7 cm³/mol. The highest BCUT2D eigenvalue weighted by Gasteiger charge is 2.14. The van der Waals surface area contributed by atoms with Crippen LogP contribution in [0.4, 0.5) is 18.9 Å². The Morgan fingerprint density at radius 3 is 2.50 bits per heavy atom. The lowest BCUT2D eigenvalue weighted by Crippen LogP contribution is -2.35. The number of aliphatic imine (C=N–C) groups is 1. The summed E-state index contributed by atoms with van der Waals surface area (Å²) in [5.41, 5.74) is 5.06. The molecule has 0 unspecified atom stereocenters. The summed E-state index contributed by atoms with van der Waals surface area (Å²) in [5, 5.41) is 4.88. The van der Waals surface area contributed by atoms with Crippen LogP contribution in [0.5, 0.6) is 0 Å². The van der Waals surface area contributed by atoms with Gasteiger partial charge in [-0.25, -0.2) is 18.2 Å². The van der Waals surface area contributed by atoms with Gasteiger partial charge in [-0.2, -0.15) is 0 Å². The van der Waals surface area contributed by atoms with Crippen LogP contribution in [0.25, 0.3) is 0 Å². The minimum Gasteiger partial charge on any atom is -0.370 e. The van der Waals surface area contributed by atoms with Crippen LogP contribution in [0, 0.1) is 23.4 Å². The van der Waals surface area contributed by atoms with E-state index in [0.29, 0.717) is 12.5 Å². The molecule has 0 aliphatic carbocycles. The van der Waals surface area contributed by atoms with Gasteiger partial charge in [0.05, 0.1) is 5.69 Å². The molecule has 0 radical (unpaired) electrons. The Kier molecular flexibility index (Phi) is 8.83. The molecule has 124 valence electrons. The molecule has 22 heavy (non-hydrogen) atoms. The first-order valence-electron chi connectivity index (χ1n) is 6.28. The van der Waals surface area contributed by atoms with E-state index in [0.717, 1.165) is 12.1 Å². The summed E-state index contributed by atoms with van der Waals surface area (Å²) in [7, 11) is 0. The Morgan fingerprint density at radius 1 is 1.27 bits per heavy atom. The molecular formula is C13H18F3IN4O. The number of carbonyl (C=O) groups is 1. The Bertz CT molecular complexity index is 552. The van der Waals surface area contributed by atoms with Gasteiger partial charge in [0.25, 0.3) is 0 Å². The van der Waals surface area contributed by atoms with Crippen LogP contribution in [0.2, 0.25) is 0 Å². The second-order valence-electron chi connectivity index (χ2n) is 4.75. The van der Waals surface area contributed by atoms with Crippen molar-refractivity contribution in [3.63, 3.8) is 0 Å². The number of rotatable bonds is 5. The number of hydrogen-bond acceptors (Lipinski definition) is 2. The average molecular weight is 430 g/mol. The third-order valence-corrected chi connectivity index (χ3v) is 2.39. The van der Waals surface area contributed by atoms with E-state index in [9.17, 15) is 18.0 Å². The molecule has 1 rings (SSSR count). The number of nitrogens with two attached hydrogens (primary N) is 1. The minimum absolute atomic E-state index is 0. The number of benzene rings is 1. The molecule has 0 saturated heterocycles. The molecule has 0 aliphatic rings. The fourth-order valence-electron chi connectivity index (χ4n) is 1.33. The first-order valence-corrected chi connectivity index (χ1v) is 6.28. The highest BCUT2D eigenvalue weighted by molar-refractivity contribution is 14.0. The van der Waals surface area contributed by atoms with Crippen molar-refractivity contribution in [2.45, 2.75) is 13.8 Å². The van der Waals surface area contributed by atoms with Crippen LogP contribution in [-0.2, 0) is 4.79 Å². The maximum Gasteiger partial charge on any atom is 0.246 e. The molecule has 4 N–H and O–H groups in total. The zero-order valence-corrected chi connectivity index (χ0v) is 14.5. The van der Waals surface area contributed by atoms with Crippen LogP contribution < -0.4 is 16.4 Å². The maximum absolute atomic E-state index is 13.3. The number of amides is 1. The topological polar surface area (TPSA) is 79.5 Å². The van der Waals surface area contributed by atoms with E-state index in [2.05, 4.69) is 15.6 Å². The monoisotopic (exact) mass is 430 g/mol. The fourth-order valence-corrected chi connectivity index (χ4v) is 1.33. The Hall–Kier alpha value is -1.52. The van der Waals surface area contributed by atoms with Gasteiger partial charge in [-0.15, -0.1) is 24.0 Å².